The van der Waals surface area contributed by atoms with Gasteiger partial charge in [-0.2, -0.15) is 0 Å². The first-order valence-corrected chi connectivity index (χ1v) is 28.0. The molecule has 9 nitrogen and oxygen atoms in total. The van der Waals surface area contributed by atoms with Gasteiger partial charge in [-0.1, -0.05) is 117 Å². The van der Waals surface area contributed by atoms with Gasteiger partial charge in [0.25, 0.3) is 0 Å². The largest absolute Gasteiger partial charge is 2.00 e. The number of aromatic hydroxyl groups is 1. The van der Waals surface area contributed by atoms with Gasteiger partial charge in [-0.15, -0.1) is 0 Å². The van der Waals surface area contributed by atoms with E-state index in [2.05, 4.69) is 27.7 Å². The maximum Gasteiger partial charge on any atom is 2.00 e. The fourth-order valence-electron chi connectivity index (χ4n) is 11.7. The molecule has 3 aromatic rings. The van der Waals surface area contributed by atoms with Crippen LogP contribution in [0.4, 0.5) is 0 Å². The third kappa shape index (κ3) is 16.4. The van der Waals surface area contributed by atoms with Gasteiger partial charge in [0.15, 0.2) is 5.58 Å². The van der Waals surface area contributed by atoms with Gasteiger partial charge in [0.1, 0.15) is 22.8 Å². The van der Waals surface area contributed by atoms with Crippen LogP contribution in [0.2, 0.25) is 0 Å². The average molecular weight is 1060 g/mol. The number of ether oxygens (including phenoxy) is 3. The first kappa shape index (κ1) is 65.0. The van der Waals surface area contributed by atoms with Crippen LogP contribution < -0.4 is 14.4 Å². The quantitative estimate of drug-likeness (QED) is 0.0619. The van der Waals surface area contributed by atoms with Crippen LogP contribution in [0, 0.1) is 78.4 Å². The topological polar surface area (TPSA) is 129 Å². The average Bonchev–Trinajstić information content (AvgIpc) is 4.20. The molecule has 1 N–H and O–H groups in total. The van der Waals surface area contributed by atoms with E-state index in [-0.39, 0.29) is 71.5 Å². The summed E-state index contributed by atoms with van der Waals surface area (Å²) >= 11 is 1.03. The van der Waals surface area contributed by atoms with Crippen molar-refractivity contribution in [2.45, 2.75) is 211 Å². The smallest absolute Gasteiger partial charge is 0.508 e. The fourth-order valence-corrected chi connectivity index (χ4v) is 12.4. The minimum atomic E-state index is -0.523. The Hall–Kier alpha value is -3.14. The molecule has 0 spiro atoms. The summed E-state index contributed by atoms with van der Waals surface area (Å²) in [5.74, 6) is 7.94. The molecule has 6 fully saturated rings. The Morgan fingerprint density at radius 3 is 1.67 bits per heavy atom. The normalized spacial score (nSPS) is 24.9. The second-order valence-corrected chi connectivity index (χ2v) is 24.3. The number of benzene rings is 2. The van der Waals surface area contributed by atoms with Crippen molar-refractivity contribution in [1.82, 2.24) is 0 Å². The minimum Gasteiger partial charge on any atom is -0.508 e. The molecule has 1 heterocycles. The van der Waals surface area contributed by atoms with Crippen molar-refractivity contribution in [3.8, 4) is 17.2 Å². The number of esters is 3. The summed E-state index contributed by atoms with van der Waals surface area (Å²) < 4.78 is 22.5. The molecular weight excluding hydrogens is 965 g/mol. The number of carbonyl (C=O) groups is 3. The van der Waals surface area contributed by atoms with Crippen molar-refractivity contribution in [1.29, 1.82) is 0 Å². The van der Waals surface area contributed by atoms with Crippen LogP contribution in [-0.2, 0) is 36.2 Å². The fraction of sp³-hybridized carbons (Fsp3) is 0.705. The zero-order valence-electron chi connectivity index (χ0n) is 47.1. The van der Waals surface area contributed by atoms with Crippen LogP contribution in [0.5, 0.6) is 17.2 Å². The molecule has 8 unspecified atom stereocenters. The minimum absolute atomic E-state index is 0. The van der Waals surface area contributed by atoms with Crippen LogP contribution in [0.15, 0.2) is 51.7 Å². The summed E-state index contributed by atoms with van der Waals surface area (Å²) in [6, 6.07) is 11.1. The Kier molecular flexibility index (Phi) is 25.9. The van der Waals surface area contributed by atoms with Gasteiger partial charge < -0.3 is 38.6 Å². The summed E-state index contributed by atoms with van der Waals surface area (Å²) in [7, 11) is 0. The molecule has 408 valence electrons. The maximum atomic E-state index is 12.7. The number of hydrogen-bond donors (Lipinski definition) is 1. The van der Waals surface area contributed by atoms with E-state index in [0.717, 1.165) is 83.1 Å². The standard InChI is InChI=1S/C20H32O2.C13H14O4S.C12H16O3.C9H18.C5H10.2CH3.Fe/c1-5-19(3,4)18(21)22-20(6-2)11-14-10-15(20)17-13-8-7-12(9-13)16(14)17;1-4-13(2,3)11(14)16-8-5-6-10-9(7-8)17-12(15)18-10;1-4-12(2,3)11(14)15-10-7-5-9(13)6-8-10;1-3-8(2)9-6-4-5-7-9;1-2-4-5-3-1;;;/h12-17H,5-11H2,1-4H3;5-7H,4H2,1-3H3;5-8,13H,4H2,1-3H3;8-9H,3-7H2,1-2H3;1-5H2;2*1H3;/q;;;;;2*-1;+2. The van der Waals surface area contributed by atoms with Gasteiger partial charge in [0.05, 0.1) is 20.9 Å². The third-order valence-corrected chi connectivity index (χ3v) is 18.6. The number of rotatable bonds is 12. The van der Waals surface area contributed by atoms with Crippen LogP contribution in [0.1, 0.15) is 205 Å². The number of fused-ring (bicyclic) bond motifs is 10. The van der Waals surface area contributed by atoms with E-state index in [9.17, 15) is 19.2 Å². The molecule has 0 aliphatic heterocycles. The van der Waals surface area contributed by atoms with Crippen molar-refractivity contribution in [2.75, 3.05) is 0 Å². The molecule has 9 rings (SSSR count). The van der Waals surface area contributed by atoms with Crippen LogP contribution >= 0.6 is 11.3 Å². The van der Waals surface area contributed by atoms with Gasteiger partial charge >= 0.3 is 39.9 Å². The summed E-state index contributed by atoms with van der Waals surface area (Å²) in [6.45, 7) is 24.3. The molecular formula is C61H96FeO9S. The van der Waals surface area contributed by atoms with Crippen molar-refractivity contribution < 1.29 is 55.2 Å². The molecule has 6 aliphatic carbocycles. The van der Waals surface area contributed by atoms with E-state index in [1.54, 1.807) is 30.3 Å². The van der Waals surface area contributed by atoms with E-state index in [1.165, 1.54) is 102 Å². The Morgan fingerprint density at radius 1 is 0.681 bits per heavy atom. The Balaban J connectivity index is 0.000000324. The Bertz CT molecular complexity index is 2160. The molecule has 0 amide bonds. The predicted octanol–water partition coefficient (Wildman–Crippen LogP) is 16.8. The second kappa shape index (κ2) is 28.7. The number of carbonyl (C=O) groups excluding carboxylic acids is 3. The number of hydrogen-bond acceptors (Lipinski definition) is 10. The molecule has 4 bridgehead atoms. The van der Waals surface area contributed by atoms with Crippen molar-refractivity contribution >= 4 is 39.5 Å². The summed E-state index contributed by atoms with van der Waals surface area (Å²) in [6.07, 6.45) is 25.1. The van der Waals surface area contributed by atoms with Crippen LogP contribution in [0.25, 0.3) is 10.3 Å². The van der Waals surface area contributed by atoms with Crippen LogP contribution in [0.3, 0.4) is 0 Å². The molecule has 1 aromatic heterocycles. The van der Waals surface area contributed by atoms with Gasteiger partial charge in [0, 0.05) is 12.0 Å². The molecule has 0 saturated heterocycles. The number of phenolic OH excluding ortho intramolecular Hbond substituents is 1. The first-order chi connectivity index (χ1) is 32.6. The predicted molar refractivity (Wildman–Crippen MR) is 292 cm³/mol. The SMILES string of the molecule is C1CCCC1.CCC(C)(C)C(=O)OC1(CC)CC2CC1C1C3CCC(C3)C21.CCC(C)(C)C(=O)Oc1ccc(O)cc1.CCC(C)(C)C(=O)Oc1ccc2sc(=O)oc2c1.CCC(C)C1CCCC1.[CH3-].[CH3-].[Fe+2]. The van der Waals surface area contributed by atoms with Gasteiger partial charge in [-0.25, -0.2) is 4.79 Å². The van der Waals surface area contributed by atoms with E-state index >= 15 is 0 Å². The van der Waals surface area contributed by atoms with E-state index in [0.29, 0.717) is 29.4 Å². The van der Waals surface area contributed by atoms with Gasteiger partial charge in [-0.3, -0.25) is 14.4 Å². The molecule has 6 saturated carbocycles. The van der Waals surface area contributed by atoms with E-state index in [1.807, 2.05) is 55.4 Å². The summed E-state index contributed by atoms with van der Waals surface area (Å²) in [4.78, 5) is 47.0. The van der Waals surface area contributed by atoms with Gasteiger partial charge in [-0.05, 0) is 177 Å². The maximum absolute atomic E-state index is 12.7. The molecule has 6 aliphatic rings. The summed E-state index contributed by atoms with van der Waals surface area (Å²) in [5.41, 5.74) is -1.01. The van der Waals surface area contributed by atoms with Crippen LogP contribution in [-0.4, -0.2) is 28.6 Å². The first-order valence-electron chi connectivity index (χ1n) is 27.1. The molecule has 8 atom stereocenters. The van der Waals surface area contributed by atoms with Crippen molar-refractivity contribution in [2.24, 2.45) is 63.6 Å². The zero-order valence-corrected chi connectivity index (χ0v) is 49.0. The molecule has 2 aromatic carbocycles. The van der Waals surface area contributed by atoms with Crippen molar-refractivity contribution in [3.05, 3.63) is 67.1 Å². The second-order valence-electron chi connectivity index (χ2n) is 23.3. The summed E-state index contributed by atoms with van der Waals surface area (Å²) in [5, 5.41) is 9.06. The molecule has 72 heavy (non-hydrogen) atoms. The van der Waals surface area contributed by atoms with Gasteiger partial charge in [0.2, 0.25) is 0 Å². The van der Waals surface area contributed by atoms with E-state index < -0.39 is 10.8 Å². The monoisotopic (exact) mass is 1060 g/mol. The molecule has 11 heteroatoms. The van der Waals surface area contributed by atoms with Crippen molar-refractivity contribution in [3.63, 3.8) is 0 Å². The third-order valence-electron chi connectivity index (χ3n) is 17.8. The zero-order chi connectivity index (χ0) is 50.7. The molecule has 0 radical (unpaired) electrons. The van der Waals surface area contributed by atoms with E-state index in [4.69, 9.17) is 23.7 Å². The Labute approximate surface area is 451 Å². The number of phenols is 1. The Morgan fingerprint density at radius 2 is 1.17 bits per heavy atom.